The van der Waals surface area contributed by atoms with E-state index in [2.05, 4.69) is 39.3 Å². The van der Waals surface area contributed by atoms with E-state index in [1.165, 1.54) is 0 Å². The van der Waals surface area contributed by atoms with Crippen molar-refractivity contribution in [3.63, 3.8) is 0 Å². The van der Waals surface area contributed by atoms with Crippen molar-refractivity contribution >= 4 is 16.6 Å². The van der Waals surface area contributed by atoms with Gasteiger partial charge in [0.15, 0.2) is 16.6 Å². The van der Waals surface area contributed by atoms with Crippen LogP contribution in [0.15, 0.2) is 0 Å². The van der Waals surface area contributed by atoms with Crippen LogP contribution in [-0.4, -0.2) is 30.9 Å². The van der Waals surface area contributed by atoms with Gasteiger partial charge in [-0.05, 0) is 39.3 Å². The Bertz CT molecular complexity index is 88.6. The molecule has 0 heterocycles. The number of hydrogen-bond donors (Lipinski definition) is 0. The molecular formula is C8H24O2Si2. The van der Waals surface area contributed by atoms with E-state index in [1.54, 1.807) is 14.2 Å². The summed E-state index contributed by atoms with van der Waals surface area (Å²) in [6.07, 6.45) is 0. The normalized spacial score (nSPS) is 12.0. The largest absolute Gasteiger partial charge is 0.421 e. The molecule has 0 radical (unpaired) electrons. The van der Waals surface area contributed by atoms with Crippen molar-refractivity contribution in [3.05, 3.63) is 0 Å². The Hall–Kier alpha value is 0.354. The fraction of sp³-hybridized carbons (Fsp3) is 1.00. The van der Waals surface area contributed by atoms with E-state index in [-0.39, 0.29) is 0 Å². The lowest BCUT2D eigenvalue weighted by Crippen LogP contribution is -2.22. The summed E-state index contributed by atoms with van der Waals surface area (Å²) in [7, 11) is 1.28. The third-order valence-corrected chi connectivity index (χ3v) is 3.67. The van der Waals surface area contributed by atoms with Gasteiger partial charge in [-0.3, -0.25) is 0 Å². The van der Waals surface area contributed by atoms with Crippen LogP contribution in [0.4, 0.5) is 0 Å². The lowest BCUT2D eigenvalue weighted by atomic mass is 11.8. The third-order valence-electron chi connectivity index (χ3n) is 1.22. The zero-order valence-electron chi connectivity index (χ0n) is 9.82. The highest BCUT2D eigenvalue weighted by Crippen LogP contribution is 1.97. The summed E-state index contributed by atoms with van der Waals surface area (Å²) in [5.74, 6) is 0. The number of hydrogen-bond acceptors (Lipinski definition) is 2. The molecule has 0 unspecified atom stereocenters. The van der Waals surface area contributed by atoms with Crippen LogP contribution < -0.4 is 0 Å². The highest BCUT2D eigenvalue weighted by atomic mass is 28.4. The first-order valence-corrected chi connectivity index (χ1v) is 11.0. The first-order chi connectivity index (χ1) is 5.12. The highest BCUT2D eigenvalue weighted by Gasteiger charge is 2.09. The lowest BCUT2D eigenvalue weighted by Gasteiger charge is -2.10. The van der Waals surface area contributed by atoms with Crippen LogP contribution in [0.3, 0.4) is 0 Å². The average Bonchev–Trinajstić information content (AvgIpc) is 1.86. The van der Waals surface area contributed by atoms with Gasteiger partial charge >= 0.3 is 0 Å². The Morgan fingerprint density at radius 1 is 0.583 bits per heavy atom. The van der Waals surface area contributed by atoms with Crippen molar-refractivity contribution in [2.24, 2.45) is 0 Å². The van der Waals surface area contributed by atoms with Crippen LogP contribution in [0.25, 0.3) is 0 Å². The van der Waals surface area contributed by atoms with Crippen molar-refractivity contribution in [3.8, 4) is 0 Å². The van der Waals surface area contributed by atoms with Crippen molar-refractivity contribution in [2.75, 3.05) is 14.2 Å². The highest BCUT2D eigenvalue weighted by molar-refractivity contribution is 6.70. The average molecular weight is 208 g/mol. The molecule has 12 heavy (non-hydrogen) atoms. The molecule has 0 aliphatic carbocycles. The van der Waals surface area contributed by atoms with Crippen LogP contribution in [-0.2, 0) is 8.85 Å². The predicted octanol–water partition coefficient (Wildman–Crippen LogP) is 2.94. The summed E-state index contributed by atoms with van der Waals surface area (Å²) in [6, 6.07) is 0. The first kappa shape index (κ1) is 14.9. The van der Waals surface area contributed by atoms with E-state index < -0.39 is 16.6 Å². The van der Waals surface area contributed by atoms with Crippen molar-refractivity contribution < 1.29 is 8.85 Å². The molecule has 0 amide bonds. The van der Waals surface area contributed by atoms with Crippen LogP contribution in [0, 0.1) is 0 Å². The smallest absolute Gasteiger partial charge is 0.183 e. The molecule has 2 nitrogen and oxygen atoms in total. The molecule has 0 aromatic carbocycles. The van der Waals surface area contributed by atoms with E-state index in [1.807, 2.05) is 0 Å². The van der Waals surface area contributed by atoms with Crippen molar-refractivity contribution in [2.45, 2.75) is 39.3 Å². The zero-order valence-corrected chi connectivity index (χ0v) is 11.8. The van der Waals surface area contributed by atoms with E-state index in [4.69, 9.17) is 8.85 Å². The van der Waals surface area contributed by atoms with Gasteiger partial charge < -0.3 is 8.85 Å². The molecule has 4 heteroatoms. The molecule has 0 saturated carbocycles. The second-order valence-electron chi connectivity index (χ2n) is 4.63. The molecule has 0 aliphatic heterocycles. The minimum absolute atomic E-state index is 1.13. The molecule has 0 rings (SSSR count). The number of rotatable bonds is 2. The lowest BCUT2D eigenvalue weighted by molar-refractivity contribution is 0.410. The van der Waals surface area contributed by atoms with E-state index in [9.17, 15) is 0 Å². The summed E-state index contributed by atoms with van der Waals surface area (Å²) in [5, 5.41) is 0. The second-order valence-corrected chi connectivity index (χ2v) is 13.9. The fourth-order valence-corrected chi connectivity index (χ4v) is 0. The maximum atomic E-state index is 5.08. The molecule has 0 aromatic rings. The molecule has 0 fully saturated rings. The van der Waals surface area contributed by atoms with Crippen molar-refractivity contribution in [1.82, 2.24) is 0 Å². The van der Waals surface area contributed by atoms with Gasteiger partial charge in [0, 0.05) is 14.2 Å². The summed E-state index contributed by atoms with van der Waals surface area (Å²) in [6.45, 7) is 13.0. The van der Waals surface area contributed by atoms with Gasteiger partial charge in [-0.2, -0.15) is 0 Å². The Morgan fingerprint density at radius 2 is 0.667 bits per heavy atom. The van der Waals surface area contributed by atoms with Gasteiger partial charge in [-0.15, -0.1) is 0 Å². The molecule has 0 N–H and O–H groups in total. The quantitative estimate of drug-likeness (QED) is 0.650. The fourth-order valence-electron chi connectivity index (χ4n) is 0. The Balaban J connectivity index is 0. The zero-order chi connectivity index (χ0) is 10.4. The van der Waals surface area contributed by atoms with Gasteiger partial charge in [0.1, 0.15) is 0 Å². The van der Waals surface area contributed by atoms with Gasteiger partial charge in [-0.25, -0.2) is 0 Å². The van der Waals surface area contributed by atoms with E-state index in [0.29, 0.717) is 0 Å². The molecule has 76 valence electrons. The van der Waals surface area contributed by atoms with Crippen molar-refractivity contribution in [1.29, 1.82) is 0 Å². The minimum Gasteiger partial charge on any atom is -0.421 e. The van der Waals surface area contributed by atoms with Crippen LogP contribution in [0.1, 0.15) is 0 Å². The molecule has 0 saturated heterocycles. The molecule has 0 atom stereocenters. The monoisotopic (exact) mass is 208 g/mol. The van der Waals surface area contributed by atoms with Gasteiger partial charge in [0.25, 0.3) is 0 Å². The third kappa shape index (κ3) is 22.4. The summed E-state index contributed by atoms with van der Waals surface area (Å²) in [4.78, 5) is 0. The van der Waals surface area contributed by atoms with E-state index >= 15 is 0 Å². The summed E-state index contributed by atoms with van der Waals surface area (Å²) >= 11 is 0. The molecule has 0 aliphatic rings. The summed E-state index contributed by atoms with van der Waals surface area (Å²) in [5.41, 5.74) is 0. The molecular weight excluding hydrogens is 184 g/mol. The van der Waals surface area contributed by atoms with Crippen LogP contribution in [0.2, 0.25) is 39.3 Å². The minimum atomic E-state index is -1.13. The standard InChI is InChI=1S/2C4H12OSi/c2*1-5-6(2,3)4/h2*1-4H3. The Morgan fingerprint density at radius 3 is 0.667 bits per heavy atom. The van der Waals surface area contributed by atoms with Gasteiger partial charge in [-0.1, -0.05) is 0 Å². The van der Waals surface area contributed by atoms with E-state index in [0.717, 1.165) is 0 Å². The topological polar surface area (TPSA) is 18.5 Å². The molecule has 0 aromatic heterocycles. The van der Waals surface area contributed by atoms with Crippen LogP contribution >= 0.6 is 0 Å². The molecule has 0 spiro atoms. The maximum absolute atomic E-state index is 5.08. The van der Waals surface area contributed by atoms with Gasteiger partial charge in [0.2, 0.25) is 0 Å². The van der Waals surface area contributed by atoms with Crippen LogP contribution in [0.5, 0.6) is 0 Å². The first-order valence-electron chi connectivity index (χ1n) is 4.22. The van der Waals surface area contributed by atoms with Gasteiger partial charge in [0.05, 0.1) is 0 Å². The second kappa shape index (κ2) is 5.91. The summed E-state index contributed by atoms with van der Waals surface area (Å²) < 4.78 is 10.2. The predicted molar refractivity (Wildman–Crippen MR) is 60.7 cm³/mol. The SMILES string of the molecule is CO[Si](C)(C)C.CO[Si](C)(C)C. The Labute approximate surface area is 79.5 Å². The molecule has 0 bridgehead atoms. The Kier molecular flexibility index (Phi) is 7.31. The maximum Gasteiger partial charge on any atom is 0.183 e.